The van der Waals surface area contributed by atoms with Gasteiger partial charge in [-0.15, -0.1) is 11.3 Å². The Bertz CT molecular complexity index is 1200. The topological polar surface area (TPSA) is 154 Å². The highest BCUT2D eigenvalue weighted by molar-refractivity contribution is 7.87. The minimum Gasteiger partial charge on any atom is -0.478 e. The SMILES string of the molecule is O=C(O)C(=O)Nc1sc2c(c1C(=O)O)CC(CN1CCN(Cc3ccccc3)S1(=O)=O)OC2. The van der Waals surface area contributed by atoms with E-state index in [1.54, 1.807) is 0 Å². The van der Waals surface area contributed by atoms with Crippen molar-refractivity contribution in [3.8, 4) is 0 Å². The van der Waals surface area contributed by atoms with Crippen molar-refractivity contribution in [2.45, 2.75) is 25.7 Å². The molecule has 2 aliphatic rings. The van der Waals surface area contributed by atoms with Crippen molar-refractivity contribution in [1.29, 1.82) is 0 Å². The van der Waals surface area contributed by atoms with Crippen molar-refractivity contribution in [1.82, 2.24) is 8.61 Å². The molecule has 1 aromatic carbocycles. The van der Waals surface area contributed by atoms with E-state index in [4.69, 9.17) is 9.84 Å². The Morgan fingerprint density at radius 3 is 2.48 bits per heavy atom. The summed E-state index contributed by atoms with van der Waals surface area (Å²) in [5, 5.41) is 20.5. The van der Waals surface area contributed by atoms with Gasteiger partial charge in [-0.3, -0.25) is 4.79 Å². The molecule has 3 N–H and O–H groups in total. The molecular formula is C20H21N3O8S2. The van der Waals surface area contributed by atoms with Gasteiger partial charge in [0.25, 0.3) is 10.2 Å². The zero-order chi connectivity index (χ0) is 23.8. The van der Waals surface area contributed by atoms with E-state index in [0.29, 0.717) is 17.0 Å². The number of amides is 1. The van der Waals surface area contributed by atoms with E-state index in [-0.39, 0.29) is 43.2 Å². The van der Waals surface area contributed by atoms with E-state index >= 15 is 0 Å². The number of hydrogen-bond donors (Lipinski definition) is 3. The van der Waals surface area contributed by atoms with Gasteiger partial charge >= 0.3 is 17.8 Å². The van der Waals surface area contributed by atoms with Gasteiger partial charge in [0.2, 0.25) is 0 Å². The van der Waals surface area contributed by atoms with Crippen LogP contribution in [0.1, 0.15) is 26.4 Å². The number of aromatic carboxylic acids is 1. The lowest BCUT2D eigenvalue weighted by Crippen LogP contribution is -2.40. The minimum atomic E-state index is -3.70. The molecule has 1 fully saturated rings. The van der Waals surface area contributed by atoms with E-state index in [2.05, 4.69) is 5.32 Å². The first kappa shape index (κ1) is 23.3. The zero-order valence-corrected chi connectivity index (χ0v) is 18.9. The number of rotatable bonds is 6. The Kier molecular flexibility index (Phi) is 6.50. The van der Waals surface area contributed by atoms with Gasteiger partial charge in [0.15, 0.2) is 0 Å². The minimum absolute atomic E-state index is 0.0372. The Morgan fingerprint density at radius 2 is 1.82 bits per heavy atom. The van der Waals surface area contributed by atoms with Gasteiger partial charge in [-0.25, -0.2) is 9.59 Å². The highest BCUT2D eigenvalue weighted by Crippen LogP contribution is 2.38. The molecule has 0 aliphatic carbocycles. The van der Waals surface area contributed by atoms with Crippen molar-refractivity contribution >= 4 is 44.4 Å². The fourth-order valence-electron chi connectivity index (χ4n) is 3.89. The molecule has 176 valence electrons. The van der Waals surface area contributed by atoms with Crippen molar-refractivity contribution in [3.63, 3.8) is 0 Å². The maximum Gasteiger partial charge on any atom is 0.394 e. The van der Waals surface area contributed by atoms with Gasteiger partial charge in [0.1, 0.15) is 5.00 Å². The number of ether oxygens (including phenoxy) is 1. The van der Waals surface area contributed by atoms with Crippen LogP contribution in [0.15, 0.2) is 30.3 Å². The van der Waals surface area contributed by atoms with Gasteiger partial charge < -0.3 is 20.3 Å². The molecule has 1 saturated heterocycles. The Morgan fingerprint density at radius 1 is 1.12 bits per heavy atom. The number of aliphatic carboxylic acids is 1. The van der Waals surface area contributed by atoms with Crippen LogP contribution >= 0.6 is 11.3 Å². The van der Waals surface area contributed by atoms with Crippen LogP contribution in [-0.4, -0.2) is 70.8 Å². The summed E-state index contributed by atoms with van der Waals surface area (Å²) < 4.78 is 34.5. The summed E-state index contributed by atoms with van der Waals surface area (Å²) in [5.41, 5.74) is 1.11. The van der Waals surface area contributed by atoms with E-state index < -0.39 is 34.2 Å². The monoisotopic (exact) mass is 495 g/mol. The molecule has 0 saturated carbocycles. The lowest BCUT2D eigenvalue weighted by Gasteiger charge is -2.27. The molecule has 4 rings (SSSR count). The molecule has 1 atom stereocenters. The number of carbonyl (C=O) groups is 3. The number of anilines is 1. The first-order valence-corrected chi connectivity index (χ1v) is 12.2. The Balaban J connectivity index is 1.48. The first-order chi connectivity index (χ1) is 15.7. The van der Waals surface area contributed by atoms with E-state index in [0.717, 1.165) is 16.9 Å². The molecule has 0 spiro atoms. The van der Waals surface area contributed by atoms with Crippen LogP contribution in [-0.2, 0) is 44.1 Å². The normalized spacial score (nSPS) is 20.3. The molecule has 3 heterocycles. The largest absolute Gasteiger partial charge is 0.478 e. The van der Waals surface area contributed by atoms with Crippen LogP contribution in [0, 0.1) is 0 Å². The summed E-state index contributed by atoms with van der Waals surface area (Å²) in [6, 6.07) is 9.26. The van der Waals surface area contributed by atoms with Crippen LogP contribution < -0.4 is 5.32 Å². The maximum absolute atomic E-state index is 13.0. The quantitative estimate of drug-likeness (QED) is 0.501. The summed E-state index contributed by atoms with van der Waals surface area (Å²) in [6.07, 6.45) is -0.458. The maximum atomic E-state index is 13.0. The summed E-state index contributed by atoms with van der Waals surface area (Å²) in [7, 11) is -3.70. The van der Waals surface area contributed by atoms with Crippen molar-refractivity contribution < 1.29 is 37.8 Å². The molecule has 11 nitrogen and oxygen atoms in total. The molecule has 33 heavy (non-hydrogen) atoms. The fraction of sp³-hybridized carbons (Fsp3) is 0.350. The average molecular weight is 496 g/mol. The smallest absolute Gasteiger partial charge is 0.394 e. The highest BCUT2D eigenvalue weighted by atomic mass is 32.2. The van der Waals surface area contributed by atoms with Gasteiger partial charge in [-0.2, -0.15) is 17.0 Å². The third kappa shape index (κ3) is 4.77. The van der Waals surface area contributed by atoms with Crippen molar-refractivity contribution in [2.75, 3.05) is 25.0 Å². The van der Waals surface area contributed by atoms with Crippen molar-refractivity contribution in [2.24, 2.45) is 0 Å². The van der Waals surface area contributed by atoms with E-state index in [9.17, 15) is 27.9 Å². The van der Waals surface area contributed by atoms with Crippen LogP contribution in [0.5, 0.6) is 0 Å². The van der Waals surface area contributed by atoms with Crippen LogP contribution in [0.4, 0.5) is 5.00 Å². The predicted octanol–water partition coefficient (Wildman–Crippen LogP) is 0.973. The van der Waals surface area contributed by atoms with Gasteiger partial charge in [-0.1, -0.05) is 30.3 Å². The number of carboxylic acids is 2. The molecule has 0 bridgehead atoms. The second-order valence-corrected chi connectivity index (χ2v) is 10.6. The molecule has 2 aliphatic heterocycles. The number of nitrogens with zero attached hydrogens (tertiary/aromatic N) is 2. The lowest BCUT2D eigenvalue weighted by atomic mass is 10.0. The van der Waals surface area contributed by atoms with Gasteiger partial charge in [0.05, 0.1) is 18.3 Å². The van der Waals surface area contributed by atoms with Gasteiger partial charge in [0, 0.05) is 37.5 Å². The van der Waals surface area contributed by atoms with Crippen LogP contribution in [0.25, 0.3) is 0 Å². The van der Waals surface area contributed by atoms with Crippen LogP contribution in [0.2, 0.25) is 0 Å². The number of nitrogens with one attached hydrogen (secondary N) is 1. The Hall–Kier alpha value is -2.84. The molecule has 1 unspecified atom stereocenters. The summed E-state index contributed by atoms with van der Waals surface area (Å²) in [5.74, 6) is -4.38. The average Bonchev–Trinajstić information content (AvgIpc) is 3.25. The number of benzene rings is 1. The molecule has 2 aromatic rings. The standard InChI is InChI=1S/C20H21N3O8S2/c24-17(20(27)28)21-18-16(19(25)26)14-8-13(31-11-15(14)32-18)10-23-7-6-22(33(23,29)30)9-12-4-2-1-3-5-12/h1-5,13H,6-11H2,(H,21,24)(H,25,26)(H,27,28). The number of carbonyl (C=O) groups excluding carboxylic acids is 1. The fourth-order valence-corrected chi connectivity index (χ4v) is 6.65. The zero-order valence-electron chi connectivity index (χ0n) is 17.3. The third-order valence-corrected chi connectivity index (χ3v) is 8.54. The highest BCUT2D eigenvalue weighted by Gasteiger charge is 2.39. The molecule has 1 amide bonds. The molecular weight excluding hydrogens is 474 g/mol. The summed E-state index contributed by atoms with van der Waals surface area (Å²) >= 11 is 0.941. The summed E-state index contributed by atoms with van der Waals surface area (Å²) in [6.45, 7) is 0.973. The second kappa shape index (κ2) is 9.19. The lowest BCUT2D eigenvalue weighted by molar-refractivity contribution is -0.147. The third-order valence-electron chi connectivity index (χ3n) is 5.47. The molecule has 0 radical (unpaired) electrons. The number of thiophene rings is 1. The summed E-state index contributed by atoms with van der Waals surface area (Å²) in [4.78, 5) is 34.7. The number of hydrogen-bond acceptors (Lipinski definition) is 7. The molecule has 13 heteroatoms. The van der Waals surface area contributed by atoms with E-state index in [1.807, 2.05) is 30.3 Å². The second-order valence-electron chi connectivity index (χ2n) is 7.59. The van der Waals surface area contributed by atoms with E-state index in [1.165, 1.54) is 8.61 Å². The van der Waals surface area contributed by atoms with Crippen molar-refractivity contribution in [3.05, 3.63) is 51.9 Å². The van der Waals surface area contributed by atoms with Gasteiger partial charge in [-0.05, 0) is 11.1 Å². The molecule has 1 aromatic heterocycles. The number of carboxylic acid groups (broad SMARTS) is 2. The number of fused-ring (bicyclic) bond motifs is 1. The Labute approximate surface area is 193 Å². The first-order valence-electron chi connectivity index (χ1n) is 9.99. The van der Waals surface area contributed by atoms with Crippen LogP contribution in [0.3, 0.4) is 0 Å². The predicted molar refractivity (Wildman–Crippen MR) is 117 cm³/mol.